The number of amides is 2. The van der Waals surface area contributed by atoms with Crippen molar-refractivity contribution in [3.63, 3.8) is 0 Å². The van der Waals surface area contributed by atoms with Crippen LogP contribution in [-0.4, -0.2) is 47.8 Å². The van der Waals surface area contributed by atoms with Gasteiger partial charge in [-0.15, -0.1) is 0 Å². The van der Waals surface area contributed by atoms with Crippen molar-refractivity contribution in [3.8, 4) is 0 Å². The normalized spacial score (nSPS) is 15.6. The Labute approximate surface area is 133 Å². The Hall–Kier alpha value is -1.84. The van der Waals surface area contributed by atoms with E-state index in [1.165, 1.54) is 12.5 Å². The second kappa shape index (κ2) is 7.97. The second-order valence-electron chi connectivity index (χ2n) is 6.24. The van der Waals surface area contributed by atoms with Gasteiger partial charge in [0, 0.05) is 26.6 Å². The van der Waals surface area contributed by atoms with Gasteiger partial charge in [0.1, 0.15) is 0 Å². The Bertz CT molecular complexity index is 493. The van der Waals surface area contributed by atoms with Crippen LogP contribution in [0.4, 0.5) is 0 Å². The van der Waals surface area contributed by atoms with E-state index in [2.05, 4.69) is 6.92 Å². The van der Waals surface area contributed by atoms with Crippen molar-refractivity contribution < 1.29 is 9.59 Å². The first-order valence-corrected chi connectivity index (χ1v) is 8.13. The Morgan fingerprint density at radius 1 is 1.18 bits per heavy atom. The molecule has 1 aliphatic heterocycles. The SMILES string of the molecule is CC(=O)N(CCc1ccccc1)CC(=O)N1CCC(C)CC1. The number of nitrogens with zero attached hydrogens (tertiary/aromatic N) is 2. The standard InChI is InChI=1S/C18H26N2O2/c1-15-8-11-19(12-9-15)18(22)14-20(16(2)21)13-10-17-6-4-3-5-7-17/h3-7,15H,8-14H2,1-2H3. The van der Waals surface area contributed by atoms with Gasteiger partial charge in [-0.25, -0.2) is 0 Å². The third-order valence-corrected chi connectivity index (χ3v) is 4.42. The van der Waals surface area contributed by atoms with Crippen LogP contribution in [0.5, 0.6) is 0 Å². The van der Waals surface area contributed by atoms with E-state index >= 15 is 0 Å². The number of rotatable bonds is 5. The van der Waals surface area contributed by atoms with E-state index in [1.54, 1.807) is 4.90 Å². The van der Waals surface area contributed by atoms with E-state index in [4.69, 9.17) is 0 Å². The number of carbonyl (C=O) groups excluding carboxylic acids is 2. The van der Waals surface area contributed by atoms with Crippen molar-refractivity contribution in [2.24, 2.45) is 5.92 Å². The summed E-state index contributed by atoms with van der Waals surface area (Å²) in [6.07, 6.45) is 2.91. The topological polar surface area (TPSA) is 40.6 Å². The minimum Gasteiger partial charge on any atom is -0.341 e. The fourth-order valence-corrected chi connectivity index (χ4v) is 2.78. The molecular formula is C18H26N2O2. The molecular weight excluding hydrogens is 276 g/mol. The van der Waals surface area contributed by atoms with Crippen molar-refractivity contribution in [2.45, 2.75) is 33.1 Å². The molecule has 1 saturated heterocycles. The van der Waals surface area contributed by atoms with Crippen LogP contribution >= 0.6 is 0 Å². The molecule has 0 saturated carbocycles. The van der Waals surface area contributed by atoms with E-state index in [0.717, 1.165) is 32.4 Å². The molecule has 1 aromatic carbocycles. The summed E-state index contributed by atoms with van der Waals surface area (Å²) in [5.74, 6) is 0.746. The Balaban J connectivity index is 1.86. The number of hydrogen-bond acceptors (Lipinski definition) is 2. The molecule has 1 heterocycles. The highest BCUT2D eigenvalue weighted by Crippen LogP contribution is 2.16. The Morgan fingerprint density at radius 2 is 1.82 bits per heavy atom. The van der Waals surface area contributed by atoms with Gasteiger partial charge in [-0.1, -0.05) is 37.3 Å². The predicted molar refractivity (Wildman–Crippen MR) is 87.4 cm³/mol. The van der Waals surface area contributed by atoms with Crippen LogP contribution in [0, 0.1) is 5.92 Å². The van der Waals surface area contributed by atoms with Crippen LogP contribution < -0.4 is 0 Å². The molecule has 4 nitrogen and oxygen atoms in total. The highest BCUT2D eigenvalue weighted by Gasteiger charge is 2.22. The van der Waals surface area contributed by atoms with Crippen molar-refractivity contribution >= 4 is 11.8 Å². The third-order valence-electron chi connectivity index (χ3n) is 4.42. The maximum Gasteiger partial charge on any atom is 0.242 e. The van der Waals surface area contributed by atoms with Crippen LogP contribution in [-0.2, 0) is 16.0 Å². The fourth-order valence-electron chi connectivity index (χ4n) is 2.78. The quantitative estimate of drug-likeness (QED) is 0.837. The average molecular weight is 302 g/mol. The molecule has 1 aromatic rings. The predicted octanol–water partition coefficient (Wildman–Crippen LogP) is 2.34. The minimum atomic E-state index is -0.0327. The molecule has 0 spiro atoms. The highest BCUT2D eigenvalue weighted by atomic mass is 16.2. The number of hydrogen-bond donors (Lipinski definition) is 0. The first-order valence-electron chi connectivity index (χ1n) is 8.13. The molecule has 1 aliphatic rings. The van der Waals surface area contributed by atoms with E-state index in [-0.39, 0.29) is 18.4 Å². The van der Waals surface area contributed by atoms with Gasteiger partial charge in [-0.05, 0) is 30.7 Å². The van der Waals surface area contributed by atoms with Gasteiger partial charge in [0.2, 0.25) is 11.8 Å². The van der Waals surface area contributed by atoms with Gasteiger partial charge in [0.25, 0.3) is 0 Å². The van der Waals surface area contributed by atoms with Gasteiger partial charge in [0.15, 0.2) is 0 Å². The molecule has 22 heavy (non-hydrogen) atoms. The first kappa shape index (κ1) is 16.5. The van der Waals surface area contributed by atoms with Gasteiger partial charge < -0.3 is 9.80 Å². The molecule has 0 unspecified atom stereocenters. The van der Waals surface area contributed by atoms with Crippen LogP contribution in [0.3, 0.4) is 0 Å². The summed E-state index contributed by atoms with van der Waals surface area (Å²) in [7, 11) is 0. The van der Waals surface area contributed by atoms with Crippen LogP contribution in [0.25, 0.3) is 0 Å². The Kier molecular flexibility index (Phi) is 5.99. The lowest BCUT2D eigenvalue weighted by molar-refractivity contribution is -0.140. The molecule has 0 atom stereocenters. The van der Waals surface area contributed by atoms with Crippen LogP contribution in [0.2, 0.25) is 0 Å². The van der Waals surface area contributed by atoms with E-state index in [1.807, 2.05) is 35.2 Å². The zero-order valence-electron chi connectivity index (χ0n) is 13.6. The summed E-state index contributed by atoms with van der Waals surface area (Å²) < 4.78 is 0. The van der Waals surface area contributed by atoms with Crippen molar-refractivity contribution in [3.05, 3.63) is 35.9 Å². The lowest BCUT2D eigenvalue weighted by Gasteiger charge is -2.32. The molecule has 2 amide bonds. The summed E-state index contributed by atoms with van der Waals surface area (Å²) in [6.45, 7) is 6.21. The van der Waals surface area contributed by atoms with Crippen molar-refractivity contribution in [1.29, 1.82) is 0 Å². The number of likely N-dealkylation sites (tertiary alicyclic amines) is 1. The molecule has 0 N–H and O–H groups in total. The fraction of sp³-hybridized carbons (Fsp3) is 0.556. The van der Waals surface area contributed by atoms with Gasteiger partial charge >= 0.3 is 0 Å². The zero-order valence-corrected chi connectivity index (χ0v) is 13.6. The summed E-state index contributed by atoms with van der Waals surface area (Å²) in [4.78, 5) is 27.7. The number of piperidine rings is 1. The molecule has 2 rings (SSSR count). The highest BCUT2D eigenvalue weighted by molar-refractivity contribution is 5.83. The minimum absolute atomic E-state index is 0.0327. The summed E-state index contributed by atoms with van der Waals surface area (Å²) >= 11 is 0. The lowest BCUT2D eigenvalue weighted by atomic mass is 9.99. The van der Waals surface area contributed by atoms with Gasteiger partial charge in [-0.3, -0.25) is 9.59 Å². The average Bonchev–Trinajstić information content (AvgIpc) is 2.52. The maximum atomic E-state index is 12.4. The molecule has 0 bridgehead atoms. The molecule has 0 radical (unpaired) electrons. The monoisotopic (exact) mass is 302 g/mol. The zero-order chi connectivity index (χ0) is 15.9. The molecule has 0 aromatic heterocycles. The smallest absolute Gasteiger partial charge is 0.242 e. The van der Waals surface area contributed by atoms with Gasteiger partial charge in [0.05, 0.1) is 6.54 Å². The molecule has 120 valence electrons. The van der Waals surface area contributed by atoms with E-state index < -0.39 is 0 Å². The molecule has 4 heteroatoms. The Morgan fingerprint density at radius 3 is 2.41 bits per heavy atom. The van der Waals surface area contributed by atoms with Crippen LogP contribution in [0.15, 0.2) is 30.3 Å². The van der Waals surface area contributed by atoms with Gasteiger partial charge in [-0.2, -0.15) is 0 Å². The maximum absolute atomic E-state index is 12.4. The third kappa shape index (κ3) is 4.86. The van der Waals surface area contributed by atoms with E-state index in [9.17, 15) is 9.59 Å². The van der Waals surface area contributed by atoms with E-state index in [0.29, 0.717) is 12.5 Å². The number of benzene rings is 1. The second-order valence-corrected chi connectivity index (χ2v) is 6.24. The largest absolute Gasteiger partial charge is 0.341 e. The number of carbonyl (C=O) groups is 2. The molecule has 0 aliphatic carbocycles. The first-order chi connectivity index (χ1) is 10.6. The summed E-state index contributed by atoms with van der Waals surface area (Å²) in [6, 6.07) is 10.1. The van der Waals surface area contributed by atoms with Crippen molar-refractivity contribution in [2.75, 3.05) is 26.2 Å². The van der Waals surface area contributed by atoms with Crippen LogP contribution in [0.1, 0.15) is 32.3 Å². The molecule has 1 fully saturated rings. The van der Waals surface area contributed by atoms with Crippen molar-refractivity contribution in [1.82, 2.24) is 9.80 Å². The lowest BCUT2D eigenvalue weighted by Crippen LogP contribution is -2.45. The summed E-state index contributed by atoms with van der Waals surface area (Å²) in [5, 5.41) is 0. The summed E-state index contributed by atoms with van der Waals surface area (Å²) in [5.41, 5.74) is 1.19.